The van der Waals surface area contributed by atoms with Gasteiger partial charge in [-0.3, -0.25) is 15.4 Å². The van der Waals surface area contributed by atoms with E-state index >= 15 is 0 Å². The third-order valence-electron chi connectivity index (χ3n) is 4.15. The molecular weight excluding hydrogens is 368 g/mol. The summed E-state index contributed by atoms with van der Waals surface area (Å²) in [5, 5.41) is 21.3. The van der Waals surface area contributed by atoms with E-state index in [1.807, 2.05) is 36.4 Å². The zero-order valence-electron chi connectivity index (χ0n) is 15.7. The Balaban J connectivity index is 1.73. The molecule has 0 unspecified atom stereocenters. The standard InChI is InChI=1S/C22H22N4O3/c23-22(24)17-11-12-20(29-15-16-7-3-1-4-8-16)19(13-17)25-21(27)14-26(28)18-9-5-2-6-10-18/h1-13,28H,14-15H2,(H3,23,24)(H,25,27). The predicted octanol–water partition coefficient (Wildman–Crippen LogP) is 3.38. The van der Waals surface area contributed by atoms with Crippen molar-refractivity contribution in [2.45, 2.75) is 6.61 Å². The van der Waals surface area contributed by atoms with Crippen molar-refractivity contribution in [1.29, 1.82) is 5.41 Å². The second kappa shape index (κ2) is 9.38. The molecule has 3 rings (SSSR count). The SMILES string of the molecule is N=C(N)c1ccc(OCc2ccccc2)c(NC(=O)CN(O)c2ccccc2)c1. The third-order valence-corrected chi connectivity index (χ3v) is 4.15. The number of benzene rings is 3. The van der Waals surface area contributed by atoms with Crippen molar-refractivity contribution in [3.05, 3.63) is 90.0 Å². The van der Waals surface area contributed by atoms with Gasteiger partial charge in [-0.1, -0.05) is 48.5 Å². The maximum atomic E-state index is 12.5. The summed E-state index contributed by atoms with van der Waals surface area (Å²) in [4.78, 5) is 12.5. The van der Waals surface area contributed by atoms with E-state index in [0.717, 1.165) is 10.6 Å². The van der Waals surface area contributed by atoms with Crippen LogP contribution in [0.2, 0.25) is 0 Å². The molecule has 0 aliphatic heterocycles. The summed E-state index contributed by atoms with van der Waals surface area (Å²) >= 11 is 0. The van der Waals surface area contributed by atoms with Gasteiger partial charge >= 0.3 is 0 Å². The summed E-state index contributed by atoms with van der Waals surface area (Å²) in [5.74, 6) is -0.124. The van der Waals surface area contributed by atoms with Gasteiger partial charge in [-0.2, -0.15) is 0 Å². The highest BCUT2D eigenvalue weighted by Gasteiger charge is 2.14. The zero-order chi connectivity index (χ0) is 20.6. The molecule has 0 atom stereocenters. The summed E-state index contributed by atoms with van der Waals surface area (Å²) in [6, 6.07) is 23.2. The van der Waals surface area contributed by atoms with Gasteiger partial charge < -0.3 is 15.8 Å². The summed E-state index contributed by atoms with van der Waals surface area (Å²) in [6.07, 6.45) is 0. The van der Waals surface area contributed by atoms with Crippen LogP contribution in [0.4, 0.5) is 11.4 Å². The number of carbonyl (C=O) groups is 1. The van der Waals surface area contributed by atoms with Crippen LogP contribution in [0.1, 0.15) is 11.1 Å². The fraction of sp³-hybridized carbons (Fsp3) is 0.0909. The van der Waals surface area contributed by atoms with Gasteiger partial charge in [0, 0.05) is 5.56 Å². The van der Waals surface area contributed by atoms with E-state index in [0.29, 0.717) is 29.3 Å². The first-order valence-corrected chi connectivity index (χ1v) is 8.99. The average Bonchev–Trinajstić information content (AvgIpc) is 2.74. The van der Waals surface area contributed by atoms with E-state index in [9.17, 15) is 10.0 Å². The van der Waals surface area contributed by atoms with E-state index in [4.69, 9.17) is 15.9 Å². The van der Waals surface area contributed by atoms with Crippen LogP contribution in [0.15, 0.2) is 78.9 Å². The minimum absolute atomic E-state index is 0.122. The van der Waals surface area contributed by atoms with Gasteiger partial charge in [-0.05, 0) is 35.9 Å². The van der Waals surface area contributed by atoms with Crippen LogP contribution in [0, 0.1) is 5.41 Å². The normalized spacial score (nSPS) is 10.2. The molecular formula is C22H22N4O3. The van der Waals surface area contributed by atoms with Crippen molar-refractivity contribution in [2.75, 3.05) is 16.9 Å². The lowest BCUT2D eigenvalue weighted by molar-refractivity contribution is -0.115. The topological polar surface area (TPSA) is 112 Å². The van der Waals surface area contributed by atoms with Gasteiger partial charge in [-0.25, -0.2) is 5.06 Å². The molecule has 0 saturated carbocycles. The Labute approximate surface area is 168 Å². The lowest BCUT2D eigenvalue weighted by Gasteiger charge is -2.18. The van der Waals surface area contributed by atoms with Crippen molar-refractivity contribution >= 4 is 23.1 Å². The molecule has 1 amide bonds. The van der Waals surface area contributed by atoms with Gasteiger partial charge in [0.15, 0.2) is 0 Å². The molecule has 5 N–H and O–H groups in total. The molecule has 0 aliphatic carbocycles. The van der Waals surface area contributed by atoms with Crippen LogP contribution in [-0.2, 0) is 11.4 Å². The number of ether oxygens (including phenoxy) is 1. The number of hydroxylamine groups is 1. The Morgan fingerprint density at radius 1 is 1.03 bits per heavy atom. The number of para-hydroxylation sites is 1. The smallest absolute Gasteiger partial charge is 0.246 e. The summed E-state index contributed by atoms with van der Waals surface area (Å²) in [5.41, 5.74) is 7.88. The molecule has 7 nitrogen and oxygen atoms in total. The van der Waals surface area contributed by atoms with Crippen molar-refractivity contribution in [1.82, 2.24) is 0 Å². The number of carbonyl (C=O) groups excluding carboxylic acids is 1. The lowest BCUT2D eigenvalue weighted by Crippen LogP contribution is -2.30. The molecule has 0 saturated heterocycles. The van der Waals surface area contributed by atoms with Gasteiger partial charge in [0.2, 0.25) is 5.91 Å². The summed E-state index contributed by atoms with van der Waals surface area (Å²) < 4.78 is 5.85. The fourth-order valence-electron chi connectivity index (χ4n) is 2.67. The number of nitrogen functional groups attached to an aromatic ring is 1. The molecule has 0 aliphatic rings. The average molecular weight is 390 g/mol. The molecule has 3 aromatic rings. The Kier molecular flexibility index (Phi) is 6.44. The first-order valence-electron chi connectivity index (χ1n) is 8.99. The Morgan fingerprint density at radius 2 is 1.69 bits per heavy atom. The molecule has 0 fully saturated rings. The number of nitrogens with two attached hydrogens (primary N) is 1. The minimum atomic E-state index is -0.443. The summed E-state index contributed by atoms with van der Waals surface area (Å²) in [6.45, 7) is 0.0473. The van der Waals surface area contributed by atoms with Crippen LogP contribution in [0.5, 0.6) is 5.75 Å². The van der Waals surface area contributed by atoms with E-state index in [-0.39, 0.29) is 12.4 Å². The largest absolute Gasteiger partial charge is 0.487 e. The number of rotatable bonds is 8. The van der Waals surface area contributed by atoms with Crippen molar-refractivity contribution in [3.63, 3.8) is 0 Å². The second-order valence-corrected chi connectivity index (χ2v) is 6.34. The first kappa shape index (κ1) is 19.9. The molecule has 148 valence electrons. The molecule has 0 aromatic heterocycles. The quantitative estimate of drug-likeness (QED) is 0.268. The highest BCUT2D eigenvalue weighted by atomic mass is 16.5. The van der Waals surface area contributed by atoms with Crippen molar-refractivity contribution in [2.24, 2.45) is 5.73 Å². The number of hydrogen-bond acceptors (Lipinski definition) is 5. The fourth-order valence-corrected chi connectivity index (χ4v) is 2.67. The van der Waals surface area contributed by atoms with Gasteiger partial charge in [-0.15, -0.1) is 0 Å². The van der Waals surface area contributed by atoms with Gasteiger partial charge in [0.1, 0.15) is 24.7 Å². The molecule has 0 bridgehead atoms. The molecule has 0 radical (unpaired) electrons. The number of nitrogens with one attached hydrogen (secondary N) is 2. The molecule has 29 heavy (non-hydrogen) atoms. The zero-order valence-corrected chi connectivity index (χ0v) is 15.7. The van der Waals surface area contributed by atoms with E-state index in [2.05, 4.69) is 5.32 Å². The summed E-state index contributed by atoms with van der Waals surface area (Å²) in [7, 11) is 0. The number of anilines is 2. The van der Waals surface area contributed by atoms with E-state index < -0.39 is 5.91 Å². The minimum Gasteiger partial charge on any atom is -0.487 e. The second-order valence-electron chi connectivity index (χ2n) is 6.34. The van der Waals surface area contributed by atoms with Crippen LogP contribution >= 0.6 is 0 Å². The maximum Gasteiger partial charge on any atom is 0.246 e. The molecule has 0 spiro atoms. The van der Waals surface area contributed by atoms with Crippen molar-refractivity contribution < 1.29 is 14.7 Å². The lowest BCUT2D eigenvalue weighted by atomic mass is 10.1. The number of amides is 1. The van der Waals surface area contributed by atoms with Crippen molar-refractivity contribution in [3.8, 4) is 5.75 Å². The number of nitrogens with zero attached hydrogens (tertiary/aromatic N) is 1. The number of hydrogen-bond donors (Lipinski definition) is 4. The highest BCUT2D eigenvalue weighted by Crippen LogP contribution is 2.27. The van der Waals surface area contributed by atoms with Gasteiger partial charge in [0.05, 0.1) is 11.4 Å². The Hall–Kier alpha value is -3.84. The highest BCUT2D eigenvalue weighted by molar-refractivity contribution is 5.99. The van der Waals surface area contributed by atoms with Crippen LogP contribution in [0.3, 0.4) is 0 Å². The van der Waals surface area contributed by atoms with Crippen LogP contribution < -0.4 is 20.9 Å². The van der Waals surface area contributed by atoms with Gasteiger partial charge in [0.25, 0.3) is 0 Å². The monoisotopic (exact) mass is 390 g/mol. The van der Waals surface area contributed by atoms with E-state index in [1.54, 1.807) is 42.5 Å². The van der Waals surface area contributed by atoms with E-state index in [1.165, 1.54) is 0 Å². The third kappa shape index (κ3) is 5.57. The van der Waals surface area contributed by atoms with Crippen LogP contribution in [0.25, 0.3) is 0 Å². The first-order chi connectivity index (χ1) is 14.0. The molecule has 7 heteroatoms. The molecule has 3 aromatic carbocycles. The molecule has 0 heterocycles. The Morgan fingerprint density at radius 3 is 2.34 bits per heavy atom. The number of amidine groups is 1. The Bertz CT molecular complexity index is 978. The predicted molar refractivity (Wildman–Crippen MR) is 112 cm³/mol. The van der Waals surface area contributed by atoms with Crippen LogP contribution in [-0.4, -0.2) is 23.5 Å². The maximum absolute atomic E-state index is 12.5.